The van der Waals surface area contributed by atoms with E-state index in [0.29, 0.717) is 6.04 Å². The van der Waals surface area contributed by atoms with Gasteiger partial charge in [0.05, 0.1) is 6.04 Å². The number of ether oxygens (including phenoxy) is 1. The van der Waals surface area contributed by atoms with E-state index in [0.717, 1.165) is 31.5 Å². The van der Waals surface area contributed by atoms with Crippen LogP contribution in [0.3, 0.4) is 0 Å². The molecule has 1 aromatic rings. The molecule has 6 heteroatoms. The predicted molar refractivity (Wildman–Crippen MR) is 85.6 cm³/mol. The average Bonchev–Trinajstić information content (AvgIpc) is 2.90. The molecule has 6 nitrogen and oxygen atoms in total. The SMILES string of the molecule is CC(NC1CCCC(NC(=O)OC(C)(C)C)C1)c1ncc[nH]1. The van der Waals surface area contributed by atoms with E-state index in [1.54, 1.807) is 6.20 Å². The lowest BCUT2D eigenvalue weighted by atomic mass is 9.90. The fourth-order valence-corrected chi connectivity index (χ4v) is 2.89. The van der Waals surface area contributed by atoms with E-state index >= 15 is 0 Å². The van der Waals surface area contributed by atoms with Crippen molar-refractivity contribution in [3.05, 3.63) is 18.2 Å². The van der Waals surface area contributed by atoms with Crippen molar-refractivity contribution in [1.82, 2.24) is 20.6 Å². The summed E-state index contributed by atoms with van der Waals surface area (Å²) in [7, 11) is 0. The van der Waals surface area contributed by atoms with Crippen molar-refractivity contribution in [2.24, 2.45) is 0 Å². The molecule has 22 heavy (non-hydrogen) atoms. The Labute approximate surface area is 132 Å². The standard InChI is InChI=1S/C16H28N4O2/c1-11(14-17-8-9-18-14)19-12-6-5-7-13(10-12)20-15(21)22-16(2,3)4/h8-9,11-13,19H,5-7,10H2,1-4H3,(H,17,18)(H,20,21). The normalized spacial score (nSPS) is 23.8. The first kappa shape index (κ1) is 16.8. The molecular formula is C16H28N4O2. The van der Waals surface area contributed by atoms with Gasteiger partial charge in [-0.3, -0.25) is 0 Å². The molecule has 1 aromatic heterocycles. The van der Waals surface area contributed by atoms with Crippen molar-refractivity contribution in [1.29, 1.82) is 0 Å². The van der Waals surface area contributed by atoms with Gasteiger partial charge in [-0.25, -0.2) is 9.78 Å². The van der Waals surface area contributed by atoms with Gasteiger partial charge in [0.25, 0.3) is 0 Å². The lowest BCUT2D eigenvalue weighted by molar-refractivity contribution is 0.0488. The fourth-order valence-electron chi connectivity index (χ4n) is 2.89. The number of imidazole rings is 1. The van der Waals surface area contributed by atoms with E-state index in [2.05, 4.69) is 27.5 Å². The van der Waals surface area contributed by atoms with E-state index in [1.807, 2.05) is 27.0 Å². The summed E-state index contributed by atoms with van der Waals surface area (Å²) in [6.07, 6.45) is 7.43. The van der Waals surface area contributed by atoms with Crippen LogP contribution in [0, 0.1) is 0 Å². The molecule has 0 bridgehead atoms. The number of alkyl carbamates (subject to hydrolysis) is 1. The van der Waals surface area contributed by atoms with Gasteiger partial charge in [0, 0.05) is 24.5 Å². The highest BCUT2D eigenvalue weighted by Crippen LogP contribution is 2.21. The molecule has 0 aliphatic heterocycles. The quantitative estimate of drug-likeness (QED) is 0.799. The molecule has 1 heterocycles. The molecular weight excluding hydrogens is 280 g/mol. The van der Waals surface area contributed by atoms with Crippen molar-refractivity contribution < 1.29 is 9.53 Å². The van der Waals surface area contributed by atoms with Crippen molar-refractivity contribution >= 4 is 6.09 Å². The minimum absolute atomic E-state index is 0.171. The maximum absolute atomic E-state index is 11.9. The monoisotopic (exact) mass is 308 g/mol. The van der Waals surface area contributed by atoms with E-state index in [4.69, 9.17) is 4.74 Å². The second kappa shape index (κ2) is 7.13. The van der Waals surface area contributed by atoms with Crippen LogP contribution in [0.2, 0.25) is 0 Å². The molecule has 3 atom stereocenters. The van der Waals surface area contributed by atoms with Gasteiger partial charge in [-0.2, -0.15) is 0 Å². The zero-order valence-corrected chi connectivity index (χ0v) is 14.0. The van der Waals surface area contributed by atoms with Crippen LogP contribution in [-0.4, -0.2) is 33.7 Å². The molecule has 0 spiro atoms. The largest absolute Gasteiger partial charge is 0.444 e. The summed E-state index contributed by atoms with van der Waals surface area (Å²) >= 11 is 0. The Morgan fingerprint density at radius 1 is 1.41 bits per heavy atom. The summed E-state index contributed by atoms with van der Waals surface area (Å²) in [5, 5.41) is 6.58. The number of aromatic amines is 1. The first-order valence-corrected chi connectivity index (χ1v) is 8.08. The fraction of sp³-hybridized carbons (Fsp3) is 0.750. The highest BCUT2D eigenvalue weighted by molar-refractivity contribution is 5.68. The zero-order chi connectivity index (χ0) is 16.2. The summed E-state index contributed by atoms with van der Waals surface area (Å²) in [6, 6.07) is 0.735. The summed E-state index contributed by atoms with van der Waals surface area (Å²) in [5.74, 6) is 0.947. The topological polar surface area (TPSA) is 79.0 Å². The first-order valence-electron chi connectivity index (χ1n) is 8.08. The van der Waals surface area contributed by atoms with Crippen molar-refractivity contribution in [2.75, 3.05) is 0 Å². The number of amides is 1. The Hall–Kier alpha value is -1.56. The molecule has 0 radical (unpaired) electrons. The van der Waals surface area contributed by atoms with Crippen molar-refractivity contribution in [2.45, 2.75) is 77.1 Å². The molecule has 3 unspecified atom stereocenters. The maximum Gasteiger partial charge on any atom is 0.407 e. The van der Waals surface area contributed by atoms with Gasteiger partial charge < -0.3 is 20.4 Å². The van der Waals surface area contributed by atoms with Crippen molar-refractivity contribution in [3.8, 4) is 0 Å². The lowest BCUT2D eigenvalue weighted by Gasteiger charge is -2.32. The average molecular weight is 308 g/mol. The molecule has 1 aliphatic carbocycles. The van der Waals surface area contributed by atoms with Crippen LogP contribution < -0.4 is 10.6 Å². The summed E-state index contributed by atoms with van der Waals surface area (Å²) in [6.45, 7) is 7.73. The number of hydrogen-bond acceptors (Lipinski definition) is 4. The van der Waals surface area contributed by atoms with Gasteiger partial charge in [-0.15, -0.1) is 0 Å². The number of rotatable bonds is 4. The van der Waals surface area contributed by atoms with Gasteiger partial charge in [0.1, 0.15) is 11.4 Å². The molecule has 1 amide bonds. The molecule has 3 N–H and O–H groups in total. The van der Waals surface area contributed by atoms with Gasteiger partial charge in [0.15, 0.2) is 0 Å². The highest BCUT2D eigenvalue weighted by Gasteiger charge is 2.26. The van der Waals surface area contributed by atoms with Gasteiger partial charge >= 0.3 is 6.09 Å². The van der Waals surface area contributed by atoms with Crippen LogP contribution >= 0.6 is 0 Å². The van der Waals surface area contributed by atoms with Gasteiger partial charge in [0.2, 0.25) is 0 Å². The van der Waals surface area contributed by atoms with Crippen LogP contribution in [0.25, 0.3) is 0 Å². The van der Waals surface area contributed by atoms with Crippen LogP contribution in [0.1, 0.15) is 65.2 Å². The third-order valence-electron chi connectivity index (χ3n) is 3.81. The predicted octanol–water partition coefficient (Wildman–Crippen LogP) is 2.90. The number of hydrogen-bond donors (Lipinski definition) is 3. The zero-order valence-electron chi connectivity index (χ0n) is 14.0. The van der Waals surface area contributed by atoms with E-state index in [9.17, 15) is 4.79 Å². The number of nitrogens with one attached hydrogen (secondary N) is 3. The lowest BCUT2D eigenvalue weighted by Crippen LogP contribution is -2.46. The molecule has 1 saturated carbocycles. The van der Waals surface area contributed by atoms with E-state index < -0.39 is 5.60 Å². The molecule has 0 saturated heterocycles. The Bertz CT molecular complexity index is 467. The van der Waals surface area contributed by atoms with Gasteiger partial charge in [-0.1, -0.05) is 0 Å². The van der Waals surface area contributed by atoms with Crippen molar-refractivity contribution in [3.63, 3.8) is 0 Å². The summed E-state index contributed by atoms with van der Waals surface area (Å²) < 4.78 is 5.33. The second-order valence-corrected chi connectivity index (χ2v) is 7.07. The molecule has 124 valence electrons. The second-order valence-electron chi connectivity index (χ2n) is 7.07. The number of H-pyrrole nitrogens is 1. The Morgan fingerprint density at radius 3 is 2.77 bits per heavy atom. The summed E-state index contributed by atoms with van der Waals surface area (Å²) in [4.78, 5) is 19.3. The number of aromatic nitrogens is 2. The molecule has 0 aromatic carbocycles. The number of carbonyl (C=O) groups excluding carboxylic acids is 1. The minimum atomic E-state index is -0.454. The number of carbonyl (C=O) groups is 1. The molecule has 1 fully saturated rings. The third kappa shape index (κ3) is 5.33. The van der Waals surface area contributed by atoms with Crippen LogP contribution in [0.15, 0.2) is 12.4 Å². The smallest absolute Gasteiger partial charge is 0.407 e. The van der Waals surface area contributed by atoms with Crippen LogP contribution in [0.4, 0.5) is 4.79 Å². The summed E-state index contributed by atoms with van der Waals surface area (Å²) in [5.41, 5.74) is -0.454. The minimum Gasteiger partial charge on any atom is -0.444 e. The number of nitrogens with zero attached hydrogens (tertiary/aromatic N) is 1. The Balaban J connectivity index is 1.80. The first-order chi connectivity index (χ1) is 10.3. The maximum atomic E-state index is 11.9. The Kier molecular flexibility index (Phi) is 5.45. The highest BCUT2D eigenvalue weighted by atomic mass is 16.6. The third-order valence-corrected chi connectivity index (χ3v) is 3.81. The van der Waals surface area contributed by atoms with Crippen LogP contribution in [0.5, 0.6) is 0 Å². The van der Waals surface area contributed by atoms with Gasteiger partial charge in [-0.05, 0) is 53.4 Å². The van der Waals surface area contributed by atoms with E-state index in [1.165, 1.54) is 0 Å². The molecule has 1 aliphatic rings. The van der Waals surface area contributed by atoms with E-state index in [-0.39, 0.29) is 18.2 Å². The molecule has 2 rings (SSSR count). The Morgan fingerprint density at radius 2 is 2.14 bits per heavy atom. The van der Waals surface area contributed by atoms with Crippen LogP contribution in [-0.2, 0) is 4.74 Å².